The Balaban J connectivity index is 1.23. The average Bonchev–Trinajstić information content (AvgIpc) is 3.08. The lowest BCUT2D eigenvalue weighted by Crippen LogP contribution is -2.42. The van der Waals surface area contributed by atoms with Crippen molar-refractivity contribution in [2.75, 3.05) is 0 Å². The summed E-state index contributed by atoms with van der Waals surface area (Å²) in [5.74, 6) is 0.962. The summed E-state index contributed by atoms with van der Waals surface area (Å²) in [5, 5.41) is 7.04. The number of fused-ring (bicyclic) bond motifs is 1. The first kappa shape index (κ1) is 17.8. The lowest BCUT2D eigenvalue weighted by Gasteiger charge is -2.30. The van der Waals surface area contributed by atoms with Crippen LogP contribution in [0.3, 0.4) is 0 Å². The van der Waals surface area contributed by atoms with Gasteiger partial charge in [-0.1, -0.05) is 6.07 Å². The second-order valence-electron chi connectivity index (χ2n) is 7.52. The van der Waals surface area contributed by atoms with E-state index in [1.54, 1.807) is 6.20 Å². The number of aromatic nitrogens is 1. The van der Waals surface area contributed by atoms with Gasteiger partial charge < -0.3 is 15.4 Å². The van der Waals surface area contributed by atoms with Gasteiger partial charge in [0.25, 0.3) is 0 Å². The molecule has 0 spiro atoms. The number of nitrogens with zero attached hydrogens (tertiary/aromatic N) is 1. The molecule has 2 N–H and O–H groups in total. The highest BCUT2D eigenvalue weighted by Gasteiger charge is 2.26. The summed E-state index contributed by atoms with van der Waals surface area (Å²) in [4.78, 5) is 27.7. The molecule has 1 atom stereocenters. The molecule has 1 saturated carbocycles. The highest BCUT2D eigenvalue weighted by Crippen LogP contribution is 2.26. The Labute approximate surface area is 158 Å². The summed E-state index contributed by atoms with van der Waals surface area (Å²) in [6, 6.07) is 10.2. The normalized spacial score (nSPS) is 25.2. The summed E-state index contributed by atoms with van der Waals surface area (Å²) in [6.45, 7) is 0. The first-order chi connectivity index (χ1) is 13.2. The summed E-state index contributed by atoms with van der Waals surface area (Å²) in [6.07, 6.45) is 7.34. The van der Waals surface area contributed by atoms with Crippen molar-refractivity contribution in [3.63, 3.8) is 0 Å². The Bertz CT molecular complexity index is 830. The summed E-state index contributed by atoms with van der Waals surface area (Å²) >= 11 is 0. The quantitative estimate of drug-likeness (QED) is 0.851. The van der Waals surface area contributed by atoms with Crippen LogP contribution in [0.15, 0.2) is 36.5 Å². The maximum Gasteiger partial charge on any atom is 0.222 e. The second-order valence-corrected chi connectivity index (χ2v) is 7.52. The lowest BCUT2D eigenvalue weighted by atomic mass is 9.92. The molecule has 1 aliphatic carbocycles. The van der Waals surface area contributed by atoms with Gasteiger partial charge in [-0.2, -0.15) is 0 Å². The Morgan fingerprint density at radius 3 is 2.81 bits per heavy atom. The maximum atomic E-state index is 12.2. The maximum absolute atomic E-state index is 12.2. The van der Waals surface area contributed by atoms with E-state index in [0.717, 1.165) is 48.8 Å². The van der Waals surface area contributed by atoms with Gasteiger partial charge in [0.15, 0.2) is 0 Å². The van der Waals surface area contributed by atoms with Gasteiger partial charge in [0.05, 0.1) is 11.6 Å². The predicted molar refractivity (Wildman–Crippen MR) is 102 cm³/mol. The largest absolute Gasteiger partial charge is 0.490 e. The molecule has 6 heteroatoms. The van der Waals surface area contributed by atoms with Gasteiger partial charge >= 0.3 is 0 Å². The van der Waals surface area contributed by atoms with Crippen LogP contribution in [0.2, 0.25) is 0 Å². The van der Waals surface area contributed by atoms with Crippen LogP contribution in [0, 0.1) is 0 Å². The van der Waals surface area contributed by atoms with Crippen LogP contribution in [0.5, 0.6) is 5.75 Å². The van der Waals surface area contributed by atoms with E-state index in [1.165, 1.54) is 0 Å². The number of rotatable bonds is 5. The van der Waals surface area contributed by atoms with E-state index in [9.17, 15) is 9.59 Å². The van der Waals surface area contributed by atoms with Crippen LogP contribution in [-0.4, -0.2) is 35.0 Å². The first-order valence-electron chi connectivity index (χ1n) is 9.76. The standard InChI is InChI=1S/C21H25N3O3/c25-20-10-5-16(24-20)13-21(26)23-15-3-6-17(7-4-15)27-18-8-9-19-14(12-18)2-1-11-22-19/h1-2,8-9,11-12,15-17H,3-7,10,13H2,(H,23,26)(H,24,25)/t15?,16-,17?/m1/s1. The minimum atomic E-state index is -0.000402. The second kappa shape index (κ2) is 7.94. The van der Waals surface area contributed by atoms with E-state index < -0.39 is 0 Å². The van der Waals surface area contributed by atoms with Crippen molar-refractivity contribution in [2.45, 2.75) is 63.1 Å². The smallest absolute Gasteiger partial charge is 0.222 e. The first-order valence-corrected chi connectivity index (χ1v) is 9.76. The molecule has 0 radical (unpaired) electrons. The van der Waals surface area contributed by atoms with E-state index in [2.05, 4.69) is 15.6 Å². The molecule has 1 saturated heterocycles. The van der Waals surface area contributed by atoms with Crippen molar-refractivity contribution in [2.24, 2.45) is 0 Å². The van der Waals surface area contributed by atoms with Crippen LogP contribution >= 0.6 is 0 Å². The molecule has 6 nitrogen and oxygen atoms in total. The van der Waals surface area contributed by atoms with Gasteiger partial charge in [0.1, 0.15) is 5.75 Å². The van der Waals surface area contributed by atoms with Crippen LogP contribution in [0.1, 0.15) is 44.9 Å². The van der Waals surface area contributed by atoms with Crippen LogP contribution in [0.25, 0.3) is 10.9 Å². The van der Waals surface area contributed by atoms with Crippen LogP contribution in [-0.2, 0) is 9.59 Å². The van der Waals surface area contributed by atoms with Gasteiger partial charge in [-0.05, 0) is 56.4 Å². The third-order valence-electron chi connectivity index (χ3n) is 5.43. The van der Waals surface area contributed by atoms with Crippen molar-refractivity contribution in [3.05, 3.63) is 36.5 Å². The van der Waals surface area contributed by atoms with Gasteiger partial charge in [-0.3, -0.25) is 14.6 Å². The number of carbonyl (C=O) groups is 2. The lowest BCUT2D eigenvalue weighted by molar-refractivity contribution is -0.122. The number of ether oxygens (including phenoxy) is 1. The predicted octanol–water partition coefficient (Wildman–Crippen LogP) is 2.71. The molecule has 2 aliphatic rings. The van der Waals surface area contributed by atoms with Gasteiger partial charge in [0.2, 0.25) is 11.8 Å². The molecule has 2 amide bonds. The Kier molecular flexibility index (Phi) is 5.23. The fraction of sp³-hybridized carbons (Fsp3) is 0.476. The number of pyridine rings is 1. The average molecular weight is 367 g/mol. The highest BCUT2D eigenvalue weighted by molar-refractivity contribution is 5.82. The van der Waals surface area contributed by atoms with Crippen molar-refractivity contribution in [1.29, 1.82) is 0 Å². The molecule has 2 fully saturated rings. The molecule has 4 rings (SSSR count). The zero-order chi connectivity index (χ0) is 18.6. The van der Waals surface area contributed by atoms with Crippen LogP contribution in [0.4, 0.5) is 0 Å². The molecule has 0 unspecified atom stereocenters. The molecule has 2 aromatic rings. The third kappa shape index (κ3) is 4.56. The molecule has 1 aliphatic heterocycles. The number of nitrogens with one attached hydrogen (secondary N) is 2. The molecule has 0 bridgehead atoms. The monoisotopic (exact) mass is 367 g/mol. The van der Waals surface area contributed by atoms with Gasteiger partial charge in [0, 0.05) is 36.5 Å². The van der Waals surface area contributed by atoms with Gasteiger partial charge in [-0.15, -0.1) is 0 Å². The number of amides is 2. The zero-order valence-corrected chi connectivity index (χ0v) is 15.3. The zero-order valence-electron chi connectivity index (χ0n) is 15.3. The SMILES string of the molecule is O=C(C[C@H]1CCC(=O)N1)NC1CCC(Oc2ccc3ncccc3c2)CC1. The number of benzene rings is 1. The summed E-state index contributed by atoms with van der Waals surface area (Å²) < 4.78 is 6.15. The molecule has 2 heterocycles. The molecule has 1 aromatic carbocycles. The number of hydrogen-bond acceptors (Lipinski definition) is 4. The molecule has 27 heavy (non-hydrogen) atoms. The molecule has 142 valence electrons. The van der Waals surface area contributed by atoms with E-state index >= 15 is 0 Å². The summed E-state index contributed by atoms with van der Waals surface area (Å²) in [5.41, 5.74) is 0.967. The molecule has 1 aromatic heterocycles. The topological polar surface area (TPSA) is 80.3 Å². The van der Waals surface area contributed by atoms with Crippen molar-refractivity contribution < 1.29 is 14.3 Å². The molecular formula is C21H25N3O3. The van der Waals surface area contributed by atoms with Crippen LogP contribution < -0.4 is 15.4 Å². The highest BCUT2D eigenvalue weighted by atomic mass is 16.5. The Hall–Kier alpha value is -2.63. The minimum Gasteiger partial charge on any atom is -0.490 e. The minimum absolute atomic E-state index is 0.000402. The van der Waals surface area contributed by atoms with Gasteiger partial charge in [-0.25, -0.2) is 0 Å². The fourth-order valence-electron chi connectivity index (χ4n) is 3.99. The van der Waals surface area contributed by atoms with Crippen molar-refractivity contribution >= 4 is 22.7 Å². The number of carbonyl (C=O) groups excluding carboxylic acids is 2. The third-order valence-corrected chi connectivity index (χ3v) is 5.43. The van der Waals surface area contributed by atoms with E-state index in [0.29, 0.717) is 12.8 Å². The molecular weight excluding hydrogens is 342 g/mol. The number of hydrogen-bond donors (Lipinski definition) is 2. The summed E-state index contributed by atoms with van der Waals surface area (Å²) in [7, 11) is 0. The van der Waals surface area contributed by atoms with E-state index in [-0.39, 0.29) is 30.0 Å². The fourth-order valence-corrected chi connectivity index (χ4v) is 3.99. The Morgan fingerprint density at radius 1 is 1.19 bits per heavy atom. The van der Waals surface area contributed by atoms with E-state index in [1.807, 2.05) is 30.3 Å². The Morgan fingerprint density at radius 2 is 2.04 bits per heavy atom. The van der Waals surface area contributed by atoms with Crippen molar-refractivity contribution in [3.8, 4) is 5.75 Å². The van der Waals surface area contributed by atoms with Crippen molar-refractivity contribution in [1.82, 2.24) is 15.6 Å². The van der Waals surface area contributed by atoms with E-state index in [4.69, 9.17) is 4.74 Å².